The van der Waals surface area contributed by atoms with Crippen LogP contribution in [0.15, 0.2) is 77.9 Å². The number of aryl methyl sites for hydroxylation is 1. The summed E-state index contributed by atoms with van der Waals surface area (Å²) in [5.41, 5.74) is 4.70. The SMILES string of the molecule is COc1ccccc1NC(=O)COc1ccc(C=NNC(=O)COc2ccccc2C)cc1. The molecule has 3 rings (SSSR count). The lowest BCUT2D eigenvalue weighted by Crippen LogP contribution is -2.24. The fourth-order valence-electron chi connectivity index (χ4n) is 2.81. The second kappa shape index (κ2) is 11.9. The zero-order chi connectivity index (χ0) is 23.5. The van der Waals surface area contributed by atoms with Crippen LogP contribution in [0.2, 0.25) is 0 Å². The van der Waals surface area contributed by atoms with Crippen molar-refractivity contribution in [1.82, 2.24) is 5.43 Å². The molecule has 2 amide bonds. The monoisotopic (exact) mass is 447 g/mol. The molecule has 3 aromatic rings. The van der Waals surface area contributed by atoms with Crippen LogP contribution in [0.4, 0.5) is 5.69 Å². The lowest BCUT2D eigenvalue weighted by Gasteiger charge is -2.10. The van der Waals surface area contributed by atoms with Gasteiger partial charge in [0, 0.05) is 0 Å². The Bertz CT molecular complexity index is 1110. The van der Waals surface area contributed by atoms with E-state index in [0.29, 0.717) is 22.9 Å². The molecule has 0 aliphatic carbocycles. The first-order chi connectivity index (χ1) is 16.0. The summed E-state index contributed by atoms with van der Waals surface area (Å²) < 4.78 is 16.2. The summed E-state index contributed by atoms with van der Waals surface area (Å²) in [6.07, 6.45) is 1.50. The number of hydrogen-bond acceptors (Lipinski definition) is 6. The highest BCUT2D eigenvalue weighted by atomic mass is 16.5. The van der Waals surface area contributed by atoms with Crippen LogP contribution in [0.1, 0.15) is 11.1 Å². The van der Waals surface area contributed by atoms with E-state index in [0.717, 1.165) is 11.1 Å². The van der Waals surface area contributed by atoms with Gasteiger partial charge in [-0.05, 0) is 60.5 Å². The van der Waals surface area contributed by atoms with Crippen molar-refractivity contribution in [2.75, 3.05) is 25.6 Å². The van der Waals surface area contributed by atoms with Gasteiger partial charge in [0.2, 0.25) is 0 Å². The third-order valence-corrected chi connectivity index (χ3v) is 4.49. The Morgan fingerprint density at radius 3 is 2.24 bits per heavy atom. The highest BCUT2D eigenvalue weighted by Crippen LogP contribution is 2.23. The van der Waals surface area contributed by atoms with Gasteiger partial charge < -0.3 is 19.5 Å². The number of anilines is 1. The maximum absolute atomic E-state index is 12.1. The normalized spacial score (nSPS) is 10.5. The zero-order valence-electron chi connectivity index (χ0n) is 18.4. The van der Waals surface area contributed by atoms with Gasteiger partial charge >= 0.3 is 0 Å². The number of para-hydroxylation sites is 3. The van der Waals surface area contributed by atoms with E-state index in [-0.39, 0.29) is 25.0 Å². The summed E-state index contributed by atoms with van der Waals surface area (Å²) in [5.74, 6) is 1.08. The standard InChI is InChI=1S/C25H25N3O5/c1-18-7-3-5-9-22(18)33-17-25(30)28-26-15-19-11-13-20(14-12-19)32-16-24(29)27-21-8-4-6-10-23(21)31-2/h3-15H,16-17H2,1-2H3,(H,27,29)(H,28,30). The van der Waals surface area contributed by atoms with Crippen molar-refractivity contribution >= 4 is 23.7 Å². The molecule has 8 nitrogen and oxygen atoms in total. The number of benzene rings is 3. The van der Waals surface area contributed by atoms with Crippen LogP contribution in [-0.4, -0.2) is 38.4 Å². The number of methoxy groups -OCH3 is 1. The van der Waals surface area contributed by atoms with E-state index in [9.17, 15) is 9.59 Å². The van der Waals surface area contributed by atoms with Crippen molar-refractivity contribution in [2.45, 2.75) is 6.92 Å². The largest absolute Gasteiger partial charge is 0.495 e. The summed E-state index contributed by atoms with van der Waals surface area (Å²) in [7, 11) is 1.54. The third-order valence-electron chi connectivity index (χ3n) is 4.49. The van der Waals surface area contributed by atoms with Gasteiger partial charge in [-0.25, -0.2) is 5.43 Å². The molecular weight excluding hydrogens is 422 g/mol. The zero-order valence-corrected chi connectivity index (χ0v) is 18.4. The Hall–Kier alpha value is -4.33. The summed E-state index contributed by atoms with van der Waals surface area (Å²) in [6.45, 7) is 1.62. The number of rotatable bonds is 10. The van der Waals surface area contributed by atoms with Gasteiger partial charge in [-0.15, -0.1) is 0 Å². The molecule has 0 aliphatic heterocycles. The average Bonchev–Trinajstić information content (AvgIpc) is 2.83. The predicted molar refractivity (Wildman–Crippen MR) is 126 cm³/mol. The van der Waals surface area contributed by atoms with E-state index in [4.69, 9.17) is 14.2 Å². The maximum Gasteiger partial charge on any atom is 0.277 e. The molecule has 0 radical (unpaired) electrons. The van der Waals surface area contributed by atoms with Crippen molar-refractivity contribution in [2.24, 2.45) is 5.10 Å². The van der Waals surface area contributed by atoms with Gasteiger partial charge in [0.1, 0.15) is 17.2 Å². The fraction of sp³-hybridized carbons (Fsp3) is 0.160. The number of nitrogens with zero attached hydrogens (tertiary/aromatic N) is 1. The average molecular weight is 447 g/mol. The summed E-state index contributed by atoms with van der Waals surface area (Å²) in [6, 6.07) is 21.5. The molecule has 0 aliphatic rings. The first-order valence-electron chi connectivity index (χ1n) is 10.2. The van der Waals surface area contributed by atoms with Crippen LogP contribution in [0, 0.1) is 6.92 Å². The molecule has 0 saturated carbocycles. The van der Waals surface area contributed by atoms with Gasteiger partial charge in [-0.3, -0.25) is 9.59 Å². The molecule has 0 bridgehead atoms. The summed E-state index contributed by atoms with van der Waals surface area (Å²) >= 11 is 0. The highest BCUT2D eigenvalue weighted by Gasteiger charge is 2.08. The second-order valence-electron chi connectivity index (χ2n) is 6.95. The minimum absolute atomic E-state index is 0.133. The molecule has 0 unspecified atom stereocenters. The molecule has 0 heterocycles. The number of carbonyl (C=O) groups excluding carboxylic acids is 2. The molecule has 0 atom stereocenters. The lowest BCUT2D eigenvalue weighted by atomic mass is 10.2. The first kappa shape index (κ1) is 23.3. The quantitative estimate of drug-likeness (QED) is 0.366. The lowest BCUT2D eigenvalue weighted by molar-refractivity contribution is -0.123. The van der Waals surface area contributed by atoms with E-state index in [1.165, 1.54) is 13.3 Å². The Morgan fingerprint density at radius 1 is 0.848 bits per heavy atom. The number of hydrogen-bond donors (Lipinski definition) is 2. The van der Waals surface area contributed by atoms with E-state index >= 15 is 0 Å². The Morgan fingerprint density at radius 2 is 1.52 bits per heavy atom. The molecule has 8 heteroatoms. The van der Waals surface area contributed by atoms with Crippen LogP contribution in [0.3, 0.4) is 0 Å². The number of amides is 2. The van der Waals surface area contributed by atoms with Crippen LogP contribution >= 0.6 is 0 Å². The van der Waals surface area contributed by atoms with E-state index in [1.807, 2.05) is 31.2 Å². The van der Waals surface area contributed by atoms with Gasteiger partial charge in [-0.2, -0.15) is 5.10 Å². The Balaban J connectivity index is 1.41. The van der Waals surface area contributed by atoms with Crippen molar-refractivity contribution < 1.29 is 23.8 Å². The van der Waals surface area contributed by atoms with Gasteiger partial charge in [0.15, 0.2) is 13.2 Å². The fourth-order valence-corrected chi connectivity index (χ4v) is 2.81. The Kier molecular flexibility index (Phi) is 8.41. The first-order valence-corrected chi connectivity index (χ1v) is 10.2. The molecule has 0 fully saturated rings. The molecular formula is C25H25N3O5. The second-order valence-corrected chi connectivity index (χ2v) is 6.95. The van der Waals surface area contributed by atoms with Crippen molar-refractivity contribution in [3.8, 4) is 17.2 Å². The highest BCUT2D eigenvalue weighted by molar-refractivity contribution is 5.93. The molecule has 0 saturated heterocycles. The van der Waals surface area contributed by atoms with Crippen LogP contribution in [0.5, 0.6) is 17.2 Å². The number of hydrazone groups is 1. The predicted octanol–water partition coefficient (Wildman–Crippen LogP) is 3.55. The number of ether oxygens (including phenoxy) is 3. The summed E-state index contributed by atoms with van der Waals surface area (Å²) in [5, 5.41) is 6.67. The number of nitrogens with one attached hydrogen (secondary N) is 2. The topological polar surface area (TPSA) is 98.3 Å². The van der Waals surface area contributed by atoms with Crippen LogP contribution in [-0.2, 0) is 9.59 Å². The number of carbonyl (C=O) groups is 2. The molecule has 170 valence electrons. The molecule has 3 aromatic carbocycles. The molecule has 33 heavy (non-hydrogen) atoms. The molecule has 0 spiro atoms. The van der Waals surface area contributed by atoms with Gasteiger partial charge in [0.25, 0.3) is 11.8 Å². The van der Waals surface area contributed by atoms with Crippen molar-refractivity contribution in [3.63, 3.8) is 0 Å². The van der Waals surface area contributed by atoms with Crippen molar-refractivity contribution in [3.05, 3.63) is 83.9 Å². The third kappa shape index (κ3) is 7.39. The minimum Gasteiger partial charge on any atom is -0.495 e. The van der Waals surface area contributed by atoms with Crippen LogP contribution < -0.4 is 25.0 Å². The van der Waals surface area contributed by atoms with Crippen LogP contribution in [0.25, 0.3) is 0 Å². The van der Waals surface area contributed by atoms with E-state index in [2.05, 4.69) is 15.8 Å². The summed E-state index contributed by atoms with van der Waals surface area (Å²) in [4.78, 5) is 24.0. The van der Waals surface area contributed by atoms with Gasteiger partial charge in [-0.1, -0.05) is 30.3 Å². The van der Waals surface area contributed by atoms with E-state index in [1.54, 1.807) is 48.5 Å². The smallest absolute Gasteiger partial charge is 0.277 e. The van der Waals surface area contributed by atoms with Gasteiger partial charge in [0.05, 0.1) is 19.0 Å². The van der Waals surface area contributed by atoms with E-state index < -0.39 is 0 Å². The Labute approximate surface area is 192 Å². The molecule has 2 N–H and O–H groups in total. The van der Waals surface area contributed by atoms with Crippen molar-refractivity contribution in [1.29, 1.82) is 0 Å². The maximum atomic E-state index is 12.1. The molecule has 0 aromatic heterocycles. The minimum atomic E-state index is -0.365.